The second-order valence-electron chi connectivity index (χ2n) is 16.4. The van der Waals surface area contributed by atoms with Crippen LogP contribution in [0.1, 0.15) is 126 Å². The molecule has 5 saturated carbocycles. The van der Waals surface area contributed by atoms with Gasteiger partial charge in [0.2, 0.25) is 0 Å². The van der Waals surface area contributed by atoms with Crippen molar-refractivity contribution in [3.05, 3.63) is 0 Å². The van der Waals surface area contributed by atoms with Gasteiger partial charge in [-0.05, 0) is 99.9 Å². The molecule has 7 unspecified atom stereocenters. The van der Waals surface area contributed by atoms with E-state index in [0.717, 1.165) is 63.9 Å². The summed E-state index contributed by atoms with van der Waals surface area (Å²) in [6.45, 7) is 19.0. The van der Waals surface area contributed by atoms with Crippen LogP contribution in [0.4, 0.5) is 0 Å². The average Bonchev–Trinajstić information content (AvgIpc) is 3.66. The molecule has 240 valence electrons. The lowest BCUT2D eigenvalue weighted by atomic mass is 9.41. The lowest BCUT2D eigenvalue weighted by Gasteiger charge is -2.65. The van der Waals surface area contributed by atoms with Crippen LogP contribution in [0.2, 0.25) is 0 Å². The first kappa shape index (κ1) is 33.7. The average molecular weight is 597 g/mol. The number of hydrogen-bond donors (Lipinski definition) is 2. The lowest BCUT2D eigenvalue weighted by Crippen LogP contribution is -2.73. The van der Waals surface area contributed by atoms with Crippen LogP contribution in [0.3, 0.4) is 0 Å². The van der Waals surface area contributed by atoms with Crippen LogP contribution in [-0.2, 0) is 13.7 Å². The second-order valence-corrected chi connectivity index (χ2v) is 20.3. The van der Waals surface area contributed by atoms with E-state index in [1.54, 1.807) is 0 Å². The van der Waals surface area contributed by atoms with E-state index in [-0.39, 0.29) is 33.7 Å². The van der Waals surface area contributed by atoms with Crippen LogP contribution in [0.5, 0.6) is 0 Å². The quantitative estimate of drug-likeness (QED) is 0.300. The van der Waals surface area contributed by atoms with Crippen molar-refractivity contribution in [2.24, 2.45) is 40.4 Å². The Balaban J connectivity index is 0.00000189. The molecular formula is C35H64O5S. The summed E-state index contributed by atoms with van der Waals surface area (Å²) >= 11 is 0. The third kappa shape index (κ3) is 5.85. The number of ketones is 1. The van der Waals surface area contributed by atoms with Crippen molar-refractivity contribution in [1.82, 2.24) is 0 Å². The van der Waals surface area contributed by atoms with E-state index in [2.05, 4.69) is 54.1 Å². The van der Waals surface area contributed by atoms with Gasteiger partial charge in [-0.3, -0.25) is 4.79 Å². The zero-order valence-electron chi connectivity index (χ0n) is 28.2. The molecule has 0 aliphatic heterocycles. The number of Topliss-reactive ketones (excluding diaryl/α,β-unsaturated/α-hetero) is 1. The number of fused-ring (bicyclic) bond motifs is 5. The van der Waals surface area contributed by atoms with Gasteiger partial charge in [-0.25, -0.2) is 0 Å². The number of ether oxygens (including phenoxy) is 1. The molecule has 41 heavy (non-hydrogen) atoms. The normalized spacial score (nSPS) is 44.8. The van der Waals surface area contributed by atoms with Crippen molar-refractivity contribution in [2.75, 3.05) is 25.7 Å². The maximum absolute atomic E-state index is 14.1. The molecule has 9 atom stereocenters. The third-order valence-electron chi connectivity index (χ3n) is 13.1. The molecule has 0 heterocycles. The van der Waals surface area contributed by atoms with Crippen molar-refractivity contribution >= 4 is 16.1 Å². The van der Waals surface area contributed by atoms with E-state index in [1.165, 1.54) is 12.8 Å². The Morgan fingerprint density at radius 1 is 0.902 bits per heavy atom. The molecule has 5 rings (SSSR count). The minimum atomic E-state index is -1.42. The van der Waals surface area contributed by atoms with Gasteiger partial charge in [-0.2, -0.15) is 0 Å². The van der Waals surface area contributed by atoms with Gasteiger partial charge in [-0.1, -0.05) is 61.3 Å². The molecule has 0 aromatic carbocycles. The van der Waals surface area contributed by atoms with E-state index >= 15 is 0 Å². The highest BCUT2D eigenvalue weighted by Gasteiger charge is 2.71. The Bertz CT molecular complexity index is 941. The van der Waals surface area contributed by atoms with Gasteiger partial charge >= 0.3 is 0 Å². The van der Waals surface area contributed by atoms with Gasteiger partial charge < -0.3 is 19.1 Å². The van der Waals surface area contributed by atoms with E-state index in [0.29, 0.717) is 18.9 Å². The molecule has 5 nitrogen and oxygen atoms in total. The summed E-state index contributed by atoms with van der Waals surface area (Å²) in [7, 11) is -1.14. The van der Waals surface area contributed by atoms with Crippen molar-refractivity contribution in [3.63, 3.8) is 0 Å². The maximum atomic E-state index is 14.1. The van der Waals surface area contributed by atoms with Gasteiger partial charge in [0.25, 0.3) is 0 Å². The number of aliphatic hydroxyl groups excluding tert-OH is 1. The van der Waals surface area contributed by atoms with Gasteiger partial charge in [0.1, 0.15) is 11.7 Å². The number of carbonyl (C=O) groups excluding carboxylic acids is 1. The molecule has 0 spiro atoms. The smallest absolute Gasteiger partial charge is 0.167 e. The van der Waals surface area contributed by atoms with Crippen LogP contribution >= 0.6 is 10.3 Å². The minimum absolute atomic E-state index is 0.0895. The molecule has 0 amide bonds. The Kier molecular flexibility index (Phi) is 9.59. The van der Waals surface area contributed by atoms with Crippen molar-refractivity contribution < 1.29 is 23.9 Å². The van der Waals surface area contributed by atoms with Crippen molar-refractivity contribution in [3.8, 4) is 0 Å². The van der Waals surface area contributed by atoms with E-state index in [4.69, 9.17) is 8.92 Å². The molecule has 0 bridgehead atoms. The Morgan fingerprint density at radius 2 is 1.56 bits per heavy atom. The van der Waals surface area contributed by atoms with E-state index in [1.807, 2.05) is 13.8 Å². The largest absolute Gasteiger partial charge is 0.386 e. The molecule has 5 fully saturated rings. The van der Waals surface area contributed by atoms with Crippen molar-refractivity contribution in [1.29, 1.82) is 0 Å². The summed E-state index contributed by atoms with van der Waals surface area (Å²) in [5.41, 5.74) is -2.27. The highest BCUT2D eigenvalue weighted by Crippen LogP contribution is 2.69. The molecule has 2 N–H and O–H groups in total. The zero-order chi connectivity index (χ0) is 30.6. The molecule has 6 heteroatoms. The highest BCUT2D eigenvalue weighted by atomic mass is 32.3. The SMILES string of the molecule is CC.CC1(OCCC2CC2)CCC2(C)C3CCC4(C)C(CCOS(C)(C)C(C)(C)C)CCC4C3C(=O)[C@H](O)[C@@]2(O)C1. The summed E-state index contributed by atoms with van der Waals surface area (Å²) in [4.78, 5) is 14.1. The van der Waals surface area contributed by atoms with Gasteiger partial charge in [0.05, 0.1) is 12.2 Å². The fourth-order valence-corrected chi connectivity index (χ4v) is 10.2. The van der Waals surface area contributed by atoms with Crippen LogP contribution in [0, 0.1) is 40.4 Å². The standard InChI is InChI=1S/C33H58O5S.C2H6/c1-29(2,3)39(7,8)38-20-15-23-11-12-24-26-25(13-16-31(23,24)5)32(6)18-17-30(4,37-19-14-22-9-10-22)21-33(32,36)28(35)27(26)34;1-2/h22-26,28,35-36H,9-21H2,1-8H3;1-2H3/t23?,24?,25?,26?,28-,30?,31?,32?,33-;/m0./s1. The first-order valence-corrected chi connectivity index (χ1v) is 19.3. The Labute approximate surface area is 253 Å². The monoisotopic (exact) mass is 596 g/mol. The second kappa shape index (κ2) is 11.7. The van der Waals surface area contributed by atoms with Crippen LogP contribution in [0.15, 0.2) is 0 Å². The summed E-state index contributed by atoms with van der Waals surface area (Å²) in [6.07, 6.45) is 14.3. The number of rotatable bonds is 8. The zero-order valence-corrected chi connectivity index (χ0v) is 29.0. The molecule has 5 aliphatic carbocycles. The van der Waals surface area contributed by atoms with Crippen LogP contribution in [0.25, 0.3) is 0 Å². The summed E-state index contributed by atoms with van der Waals surface area (Å²) in [5.74, 6) is 1.53. The molecular weight excluding hydrogens is 532 g/mol. The van der Waals surface area contributed by atoms with Gasteiger partial charge in [0.15, 0.2) is 5.78 Å². The molecule has 0 saturated heterocycles. The summed E-state index contributed by atoms with van der Waals surface area (Å²) in [5, 5.41) is 23.8. The molecule has 5 aliphatic rings. The molecule has 0 radical (unpaired) electrons. The predicted octanol–water partition coefficient (Wildman–Crippen LogP) is 7.70. The Hall–Kier alpha value is -0.140. The highest BCUT2D eigenvalue weighted by molar-refractivity contribution is 8.29. The number of aliphatic hydroxyl groups is 2. The van der Waals surface area contributed by atoms with E-state index in [9.17, 15) is 15.0 Å². The van der Waals surface area contributed by atoms with Crippen LogP contribution < -0.4 is 0 Å². The topological polar surface area (TPSA) is 76.0 Å². The molecule has 0 aromatic rings. The van der Waals surface area contributed by atoms with Gasteiger partial charge in [0, 0.05) is 29.1 Å². The summed E-state index contributed by atoms with van der Waals surface area (Å²) < 4.78 is 13.1. The fourth-order valence-electron chi connectivity index (χ4n) is 9.35. The first-order chi connectivity index (χ1) is 19.0. The lowest BCUT2D eigenvalue weighted by molar-refractivity contribution is -0.267. The minimum Gasteiger partial charge on any atom is -0.386 e. The number of carbonyl (C=O) groups is 1. The van der Waals surface area contributed by atoms with E-state index < -0.39 is 33.0 Å². The van der Waals surface area contributed by atoms with Gasteiger partial charge in [-0.15, -0.1) is 10.3 Å². The van der Waals surface area contributed by atoms with Crippen LogP contribution in [-0.4, -0.2) is 63.8 Å². The maximum Gasteiger partial charge on any atom is 0.167 e. The fraction of sp³-hybridized carbons (Fsp3) is 0.971. The number of hydrogen-bond acceptors (Lipinski definition) is 5. The predicted molar refractivity (Wildman–Crippen MR) is 171 cm³/mol. The first-order valence-electron chi connectivity index (χ1n) is 16.9. The molecule has 0 aromatic heterocycles. The summed E-state index contributed by atoms with van der Waals surface area (Å²) in [6, 6.07) is 0. The van der Waals surface area contributed by atoms with Crippen molar-refractivity contribution in [2.45, 2.75) is 148 Å². The third-order valence-corrected chi connectivity index (χ3v) is 16.8. The Morgan fingerprint density at radius 3 is 2.17 bits per heavy atom.